The van der Waals surface area contributed by atoms with Crippen molar-refractivity contribution in [2.24, 2.45) is 5.16 Å². The molecule has 1 aliphatic carbocycles. The number of phenols is 1. The molecule has 0 saturated carbocycles. The first-order chi connectivity index (χ1) is 12.9. The smallest absolute Gasteiger partial charge is 0.160 e. The van der Waals surface area contributed by atoms with Crippen molar-refractivity contribution in [3.63, 3.8) is 0 Å². The van der Waals surface area contributed by atoms with Gasteiger partial charge in [-0.05, 0) is 40.7 Å². The Labute approximate surface area is 159 Å². The van der Waals surface area contributed by atoms with Gasteiger partial charge >= 0.3 is 0 Å². The lowest BCUT2D eigenvalue weighted by atomic mass is 9.62. The molecule has 2 aromatic carbocycles. The van der Waals surface area contributed by atoms with Crippen LogP contribution in [0, 0.1) is 0 Å². The maximum absolute atomic E-state index is 10.5. The number of ether oxygens (including phenoxy) is 3. The van der Waals surface area contributed by atoms with Gasteiger partial charge in [-0.1, -0.05) is 25.1 Å². The molecule has 0 spiro atoms. The van der Waals surface area contributed by atoms with Crippen LogP contribution in [0.15, 0.2) is 35.5 Å². The molecule has 3 rings (SSSR count). The van der Waals surface area contributed by atoms with Crippen LogP contribution in [0.2, 0.25) is 0 Å². The predicted octanol–water partition coefficient (Wildman–Crippen LogP) is 4.06. The normalized spacial score (nSPS) is 19.4. The fraction of sp³-hybridized carbons (Fsp3) is 0.381. The zero-order valence-corrected chi connectivity index (χ0v) is 16.2. The monoisotopic (exact) mass is 371 g/mol. The van der Waals surface area contributed by atoms with Crippen molar-refractivity contribution in [1.29, 1.82) is 0 Å². The van der Waals surface area contributed by atoms with Crippen LogP contribution in [0.1, 0.15) is 42.9 Å². The second kappa shape index (κ2) is 7.02. The molecular weight excluding hydrogens is 346 g/mol. The Hall–Kier alpha value is -2.89. The predicted molar refractivity (Wildman–Crippen MR) is 103 cm³/mol. The summed E-state index contributed by atoms with van der Waals surface area (Å²) in [5.41, 5.74) is 2.57. The van der Waals surface area contributed by atoms with Gasteiger partial charge in [0.05, 0.1) is 27.0 Å². The van der Waals surface area contributed by atoms with Crippen molar-refractivity contribution in [1.82, 2.24) is 0 Å². The molecule has 0 bridgehead atoms. The average molecular weight is 371 g/mol. The zero-order valence-electron chi connectivity index (χ0n) is 16.2. The lowest BCUT2D eigenvalue weighted by Crippen LogP contribution is -2.35. The summed E-state index contributed by atoms with van der Waals surface area (Å²) in [6, 6.07) is 9.25. The molecule has 27 heavy (non-hydrogen) atoms. The van der Waals surface area contributed by atoms with Crippen LogP contribution in [0.25, 0.3) is 0 Å². The molecule has 2 aromatic rings. The molecule has 6 nitrogen and oxygen atoms in total. The highest BCUT2D eigenvalue weighted by atomic mass is 16.5. The first-order valence-corrected chi connectivity index (χ1v) is 8.72. The third-order valence-electron chi connectivity index (χ3n) is 5.51. The average Bonchev–Trinajstić information content (AvgIpc) is 2.67. The van der Waals surface area contributed by atoms with E-state index in [1.54, 1.807) is 21.3 Å². The fourth-order valence-electron chi connectivity index (χ4n) is 3.96. The molecule has 0 amide bonds. The lowest BCUT2D eigenvalue weighted by molar-refractivity contribution is 0.311. The minimum atomic E-state index is -0.352. The molecule has 0 heterocycles. The highest BCUT2D eigenvalue weighted by Gasteiger charge is 2.42. The van der Waals surface area contributed by atoms with Gasteiger partial charge in [-0.25, -0.2) is 0 Å². The zero-order chi connectivity index (χ0) is 19.8. The Morgan fingerprint density at radius 2 is 1.70 bits per heavy atom. The number of benzene rings is 2. The van der Waals surface area contributed by atoms with E-state index in [1.165, 1.54) is 6.07 Å². The van der Waals surface area contributed by atoms with E-state index < -0.39 is 0 Å². The molecule has 0 aliphatic heterocycles. The number of hydrogen-bond donors (Lipinski definition) is 2. The molecule has 0 radical (unpaired) electrons. The Morgan fingerprint density at radius 1 is 1.00 bits per heavy atom. The number of phenolic OH excluding ortho intramolecular Hbond substituents is 1. The molecule has 1 atom stereocenters. The maximum Gasteiger partial charge on any atom is 0.160 e. The van der Waals surface area contributed by atoms with Crippen molar-refractivity contribution < 1.29 is 24.5 Å². The first-order valence-electron chi connectivity index (χ1n) is 8.72. The largest absolute Gasteiger partial charge is 0.507 e. The molecular formula is C21H25NO5. The van der Waals surface area contributed by atoms with Crippen molar-refractivity contribution in [2.75, 3.05) is 21.3 Å². The Morgan fingerprint density at radius 3 is 2.30 bits per heavy atom. The van der Waals surface area contributed by atoms with Gasteiger partial charge in [0.25, 0.3) is 0 Å². The van der Waals surface area contributed by atoms with Gasteiger partial charge in [-0.3, -0.25) is 0 Å². The first kappa shape index (κ1) is 18.9. The van der Waals surface area contributed by atoms with E-state index in [9.17, 15) is 10.3 Å². The van der Waals surface area contributed by atoms with E-state index in [2.05, 4.69) is 19.0 Å². The Bertz CT molecular complexity index is 888. The summed E-state index contributed by atoms with van der Waals surface area (Å²) in [6.45, 7) is 4.22. The number of hydrogen-bond acceptors (Lipinski definition) is 6. The van der Waals surface area contributed by atoms with Gasteiger partial charge in [-0.2, -0.15) is 0 Å². The Balaban J connectivity index is 2.19. The minimum Gasteiger partial charge on any atom is -0.507 e. The van der Waals surface area contributed by atoms with Crippen LogP contribution < -0.4 is 14.2 Å². The highest BCUT2D eigenvalue weighted by Crippen LogP contribution is 2.51. The topological polar surface area (TPSA) is 80.5 Å². The summed E-state index contributed by atoms with van der Waals surface area (Å²) in [5.74, 6) is 1.92. The summed E-state index contributed by atoms with van der Waals surface area (Å²) < 4.78 is 16.1. The quantitative estimate of drug-likeness (QED) is 0.626. The van der Waals surface area contributed by atoms with Crippen LogP contribution in [-0.2, 0) is 5.41 Å². The van der Waals surface area contributed by atoms with Crippen LogP contribution in [-0.4, -0.2) is 37.4 Å². The molecule has 1 aliphatic rings. The number of nitrogens with zero attached hydrogens (tertiary/aromatic N) is 1. The van der Waals surface area contributed by atoms with Gasteiger partial charge in [0.2, 0.25) is 0 Å². The summed E-state index contributed by atoms with van der Waals surface area (Å²) >= 11 is 0. The van der Waals surface area contributed by atoms with Crippen molar-refractivity contribution in [3.05, 3.63) is 47.0 Å². The molecule has 1 unspecified atom stereocenters. The van der Waals surface area contributed by atoms with Gasteiger partial charge in [0.15, 0.2) is 11.5 Å². The standard InChI is InChI=1S/C21H25NO5/c1-21(2)14(12-6-7-18(26-4)19(8-12)27-5)11-16(22-24)20-15(21)9-13(25-3)10-17(20)23/h6-10,14,23-24H,11H2,1-5H3/b22-16+. The SMILES string of the molecule is COc1cc(O)c2c(c1)C(C)(C)C(c1ccc(OC)c(OC)c1)C/C2=N\O. The summed E-state index contributed by atoms with van der Waals surface area (Å²) in [6.07, 6.45) is 0.478. The number of fused-ring (bicyclic) bond motifs is 1. The van der Waals surface area contributed by atoms with Crippen molar-refractivity contribution in [2.45, 2.75) is 31.6 Å². The molecule has 144 valence electrons. The third-order valence-corrected chi connectivity index (χ3v) is 5.51. The fourth-order valence-corrected chi connectivity index (χ4v) is 3.96. The number of aromatic hydroxyl groups is 1. The van der Waals surface area contributed by atoms with E-state index >= 15 is 0 Å². The number of methoxy groups -OCH3 is 3. The van der Waals surface area contributed by atoms with Crippen molar-refractivity contribution >= 4 is 5.71 Å². The van der Waals surface area contributed by atoms with E-state index in [0.29, 0.717) is 34.9 Å². The van der Waals surface area contributed by atoms with Gasteiger partial charge < -0.3 is 24.5 Å². The van der Waals surface area contributed by atoms with Crippen molar-refractivity contribution in [3.8, 4) is 23.0 Å². The minimum absolute atomic E-state index is 0.00205. The van der Waals surface area contributed by atoms with E-state index in [0.717, 1.165) is 11.1 Å². The summed E-state index contributed by atoms with van der Waals surface area (Å²) in [7, 11) is 4.76. The van der Waals surface area contributed by atoms with Crippen LogP contribution in [0.3, 0.4) is 0 Å². The van der Waals surface area contributed by atoms with E-state index in [1.807, 2.05) is 24.3 Å². The summed E-state index contributed by atoms with van der Waals surface area (Å²) in [5, 5.41) is 23.6. The van der Waals surface area contributed by atoms with Gasteiger partial charge in [0.1, 0.15) is 11.5 Å². The molecule has 6 heteroatoms. The molecule has 0 saturated heterocycles. The molecule has 0 fully saturated rings. The van der Waals surface area contributed by atoms with Crippen LogP contribution in [0.4, 0.5) is 0 Å². The molecule has 2 N–H and O–H groups in total. The van der Waals surface area contributed by atoms with Gasteiger partial charge in [-0.15, -0.1) is 0 Å². The van der Waals surface area contributed by atoms with Crippen LogP contribution in [0.5, 0.6) is 23.0 Å². The van der Waals surface area contributed by atoms with E-state index in [-0.39, 0.29) is 17.1 Å². The van der Waals surface area contributed by atoms with Crippen LogP contribution >= 0.6 is 0 Å². The third kappa shape index (κ3) is 3.05. The van der Waals surface area contributed by atoms with E-state index in [4.69, 9.17) is 14.2 Å². The second-order valence-corrected chi connectivity index (χ2v) is 7.21. The summed E-state index contributed by atoms with van der Waals surface area (Å²) in [4.78, 5) is 0. The second-order valence-electron chi connectivity index (χ2n) is 7.21. The van der Waals surface area contributed by atoms with Gasteiger partial charge in [0, 0.05) is 18.1 Å². The molecule has 0 aromatic heterocycles. The maximum atomic E-state index is 10.5. The highest BCUT2D eigenvalue weighted by molar-refractivity contribution is 6.06. The Kier molecular flexibility index (Phi) is 4.91. The number of oxime groups is 1. The lowest BCUT2D eigenvalue weighted by Gasteiger charge is -2.41. The number of rotatable bonds is 4.